The van der Waals surface area contributed by atoms with E-state index in [0.717, 1.165) is 4.90 Å². The SMILES string of the molecule is CS(=O)(=O)c1c(F)c(F)c(F)c(N2CCN(C(=O)CNc3cc(Cl)c(Cl)cc3O)CC2)c1F. The molecule has 0 atom stereocenters. The van der Waals surface area contributed by atoms with E-state index in [0.29, 0.717) is 6.26 Å². The minimum Gasteiger partial charge on any atom is -0.506 e. The standard InChI is InChI=1S/C19H17Cl2F4N3O4S/c1-33(31,32)19-16(24)14(22)15(23)18(17(19)25)28-4-2-27(3-5-28)13(30)8-26-11-6-9(20)10(21)7-12(11)29/h6-7,26,29H,2-5,8H2,1H3. The van der Waals surface area contributed by atoms with Crippen LogP contribution in [0.1, 0.15) is 0 Å². The third-order valence-electron chi connectivity index (χ3n) is 4.99. The molecule has 2 aromatic carbocycles. The lowest BCUT2D eigenvalue weighted by Gasteiger charge is -2.36. The number of halogens is 6. The van der Waals surface area contributed by atoms with Crippen molar-refractivity contribution in [2.45, 2.75) is 4.90 Å². The van der Waals surface area contributed by atoms with Gasteiger partial charge in [0.15, 0.2) is 33.1 Å². The molecule has 33 heavy (non-hydrogen) atoms. The summed E-state index contributed by atoms with van der Waals surface area (Å²) in [7, 11) is -4.53. The summed E-state index contributed by atoms with van der Waals surface area (Å²) in [5, 5.41) is 12.8. The first kappa shape index (κ1) is 25.2. The van der Waals surface area contributed by atoms with Gasteiger partial charge in [0.25, 0.3) is 0 Å². The van der Waals surface area contributed by atoms with Gasteiger partial charge in [0.05, 0.1) is 22.3 Å². The second-order valence-electron chi connectivity index (χ2n) is 7.21. The summed E-state index contributed by atoms with van der Waals surface area (Å²) in [6.07, 6.45) is 0.477. The predicted molar refractivity (Wildman–Crippen MR) is 115 cm³/mol. The number of anilines is 2. The molecule has 1 heterocycles. The zero-order valence-electron chi connectivity index (χ0n) is 16.9. The highest BCUT2D eigenvalue weighted by Gasteiger charge is 2.34. The van der Waals surface area contributed by atoms with Gasteiger partial charge in [-0.3, -0.25) is 4.79 Å². The third kappa shape index (κ3) is 5.07. The van der Waals surface area contributed by atoms with Crippen LogP contribution in [0.5, 0.6) is 5.75 Å². The molecule has 0 radical (unpaired) electrons. The Labute approximate surface area is 196 Å². The smallest absolute Gasteiger partial charge is 0.241 e. The van der Waals surface area contributed by atoms with Crippen LogP contribution < -0.4 is 10.2 Å². The van der Waals surface area contributed by atoms with Crippen LogP contribution >= 0.6 is 23.2 Å². The van der Waals surface area contributed by atoms with Crippen LogP contribution in [-0.4, -0.2) is 63.3 Å². The third-order valence-corrected chi connectivity index (χ3v) is 6.81. The Balaban J connectivity index is 1.72. The van der Waals surface area contributed by atoms with Gasteiger partial charge in [-0.15, -0.1) is 0 Å². The van der Waals surface area contributed by atoms with Crippen molar-refractivity contribution in [2.75, 3.05) is 49.2 Å². The van der Waals surface area contributed by atoms with Crippen molar-refractivity contribution in [2.24, 2.45) is 0 Å². The van der Waals surface area contributed by atoms with E-state index in [1.807, 2.05) is 0 Å². The highest BCUT2D eigenvalue weighted by Crippen LogP contribution is 2.35. The second kappa shape index (κ2) is 9.43. The van der Waals surface area contributed by atoms with E-state index in [-0.39, 0.29) is 54.2 Å². The van der Waals surface area contributed by atoms with Gasteiger partial charge in [-0.05, 0) is 6.07 Å². The molecule has 0 unspecified atom stereocenters. The maximum atomic E-state index is 14.7. The van der Waals surface area contributed by atoms with Crippen molar-refractivity contribution in [3.8, 4) is 5.75 Å². The van der Waals surface area contributed by atoms with E-state index in [9.17, 15) is 35.9 Å². The summed E-state index contributed by atoms with van der Waals surface area (Å²) in [4.78, 5) is 13.3. The molecule has 0 aliphatic carbocycles. The number of benzene rings is 2. The van der Waals surface area contributed by atoms with Gasteiger partial charge in [0.2, 0.25) is 5.91 Å². The summed E-state index contributed by atoms with van der Waals surface area (Å²) < 4.78 is 80.2. The van der Waals surface area contributed by atoms with Crippen LogP contribution in [0.2, 0.25) is 10.0 Å². The number of sulfone groups is 1. The number of hydrogen-bond acceptors (Lipinski definition) is 6. The zero-order chi connectivity index (χ0) is 24.7. The minimum atomic E-state index is -4.53. The summed E-state index contributed by atoms with van der Waals surface area (Å²) in [6.45, 7) is -0.685. The monoisotopic (exact) mass is 529 g/mol. The average molecular weight is 530 g/mol. The average Bonchev–Trinajstić information content (AvgIpc) is 2.73. The summed E-state index contributed by atoms with van der Waals surface area (Å²) >= 11 is 11.7. The molecule has 0 spiro atoms. The predicted octanol–water partition coefficient (Wildman–Crippen LogP) is 3.42. The molecule has 0 saturated carbocycles. The van der Waals surface area contributed by atoms with Crippen LogP contribution in [-0.2, 0) is 14.6 Å². The molecule has 0 aromatic heterocycles. The van der Waals surface area contributed by atoms with Gasteiger partial charge >= 0.3 is 0 Å². The van der Waals surface area contributed by atoms with Crippen LogP contribution in [0.15, 0.2) is 17.0 Å². The van der Waals surface area contributed by atoms with E-state index in [4.69, 9.17) is 23.2 Å². The Morgan fingerprint density at radius 2 is 1.58 bits per heavy atom. The Morgan fingerprint density at radius 3 is 2.15 bits per heavy atom. The largest absolute Gasteiger partial charge is 0.506 e. The highest BCUT2D eigenvalue weighted by atomic mass is 35.5. The number of nitrogens with zero attached hydrogens (tertiary/aromatic N) is 2. The fraction of sp³-hybridized carbons (Fsp3) is 0.316. The zero-order valence-corrected chi connectivity index (χ0v) is 19.3. The number of hydrogen-bond donors (Lipinski definition) is 2. The Morgan fingerprint density at radius 1 is 1.00 bits per heavy atom. The lowest BCUT2D eigenvalue weighted by molar-refractivity contribution is -0.129. The van der Waals surface area contributed by atoms with Gasteiger partial charge in [-0.1, -0.05) is 23.2 Å². The maximum absolute atomic E-state index is 14.7. The number of phenolic OH excluding ortho intramolecular Hbond substituents is 1. The normalized spacial score (nSPS) is 14.5. The Bertz CT molecular complexity index is 1220. The molecule has 3 rings (SSSR count). The van der Waals surface area contributed by atoms with Crippen molar-refractivity contribution in [3.63, 3.8) is 0 Å². The molecule has 180 valence electrons. The van der Waals surface area contributed by atoms with E-state index in [1.165, 1.54) is 17.0 Å². The van der Waals surface area contributed by atoms with E-state index in [1.54, 1.807) is 0 Å². The number of piperazine rings is 1. The molecule has 1 saturated heterocycles. The molecular weight excluding hydrogens is 513 g/mol. The number of carbonyl (C=O) groups is 1. The van der Waals surface area contributed by atoms with Crippen molar-refractivity contribution < 1.29 is 35.9 Å². The van der Waals surface area contributed by atoms with E-state index in [2.05, 4.69) is 5.32 Å². The molecule has 2 N–H and O–H groups in total. The fourth-order valence-corrected chi connectivity index (χ4v) is 4.50. The summed E-state index contributed by atoms with van der Waals surface area (Å²) in [6, 6.07) is 2.53. The van der Waals surface area contributed by atoms with Crippen LogP contribution in [0.4, 0.5) is 28.9 Å². The van der Waals surface area contributed by atoms with Gasteiger partial charge in [0.1, 0.15) is 16.3 Å². The second-order valence-corrected chi connectivity index (χ2v) is 9.98. The maximum Gasteiger partial charge on any atom is 0.241 e. The van der Waals surface area contributed by atoms with E-state index >= 15 is 0 Å². The quantitative estimate of drug-likeness (QED) is 0.203. The minimum absolute atomic E-state index is 0.0417. The van der Waals surface area contributed by atoms with Gasteiger partial charge in [-0.2, -0.15) is 0 Å². The van der Waals surface area contributed by atoms with Crippen molar-refractivity contribution in [1.82, 2.24) is 4.90 Å². The number of rotatable bonds is 5. The highest BCUT2D eigenvalue weighted by molar-refractivity contribution is 7.90. The first-order valence-corrected chi connectivity index (χ1v) is 12.0. The topological polar surface area (TPSA) is 90.0 Å². The first-order valence-electron chi connectivity index (χ1n) is 9.33. The Hall–Kier alpha value is -2.44. The molecule has 1 aliphatic rings. The van der Waals surface area contributed by atoms with Gasteiger partial charge in [0, 0.05) is 38.5 Å². The summed E-state index contributed by atoms with van der Waals surface area (Å²) in [5.74, 6) is -8.46. The van der Waals surface area contributed by atoms with E-state index < -0.39 is 49.6 Å². The number of amides is 1. The lowest BCUT2D eigenvalue weighted by Crippen LogP contribution is -2.50. The van der Waals surface area contributed by atoms with Gasteiger partial charge < -0.3 is 20.2 Å². The lowest BCUT2D eigenvalue weighted by atomic mass is 10.2. The van der Waals surface area contributed by atoms with Crippen LogP contribution in [0.25, 0.3) is 0 Å². The van der Waals surface area contributed by atoms with Crippen molar-refractivity contribution in [3.05, 3.63) is 45.4 Å². The van der Waals surface area contributed by atoms with Crippen LogP contribution in [0, 0.1) is 23.3 Å². The molecule has 1 fully saturated rings. The summed E-state index contributed by atoms with van der Waals surface area (Å²) in [5.41, 5.74) is -0.851. The van der Waals surface area contributed by atoms with Crippen molar-refractivity contribution in [1.29, 1.82) is 0 Å². The number of nitrogens with one attached hydrogen (secondary N) is 1. The van der Waals surface area contributed by atoms with Crippen LogP contribution in [0.3, 0.4) is 0 Å². The van der Waals surface area contributed by atoms with Gasteiger partial charge in [-0.25, -0.2) is 26.0 Å². The molecular formula is C19H17Cl2F4N3O4S. The molecule has 7 nitrogen and oxygen atoms in total. The first-order chi connectivity index (χ1) is 15.3. The molecule has 1 aliphatic heterocycles. The molecule has 2 aromatic rings. The molecule has 1 amide bonds. The van der Waals surface area contributed by atoms with Crippen molar-refractivity contribution >= 4 is 50.3 Å². The fourth-order valence-electron chi connectivity index (χ4n) is 3.34. The molecule has 0 bridgehead atoms. The molecule has 14 heteroatoms. The number of carbonyl (C=O) groups excluding carboxylic acids is 1. The Kier molecular flexibility index (Phi) is 7.20. The number of phenols is 1. The number of aromatic hydroxyl groups is 1.